The molecule has 0 aromatic heterocycles. The third-order valence-corrected chi connectivity index (χ3v) is 0.256. The van der Waals surface area contributed by atoms with Gasteiger partial charge in [-0.2, -0.15) is 0 Å². The van der Waals surface area contributed by atoms with Crippen LogP contribution in [0.15, 0.2) is 12.7 Å². The molecule has 1 heteroatoms. The van der Waals surface area contributed by atoms with E-state index in [-0.39, 0.29) is 0 Å². The number of hydrogen-bond acceptors (Lipinski definition) is 0. The molecule has 0 spiro atoms. The van der Waals surface area contributed by atoms with Gasteiger partial charge in [-0.1, -0.05) is 6.08 Å². The molecule has 0 amide bonds. The minimum Gasteiger partial charge on any atom is -0.243 e. The van der Waals surface area contributed by atoms with E-state index in [2.05, 4.69) is 13.5 Å². The number of allylic oxidation sites excluding steroid dienone is 1. The third kappa shape index (κ3) is 3.67. The van der Waals surface area contributed by atoms with Gasteiger partial charge in [0.25, 0.3) is 0 Å². The Bertz CT molecular complexity index is 30.6. The van der Waals surface area contributed by atoms with Crippen molar-refractivity contribution in [1.29, 1.82) is 0 Å². The summed E-state index contributed by atoms with van der Waals surface area (Å²) >= 11 is 0. The van der Waals surface area contributed by atoms with Crippen molar-refractivity contribution in [3.8, 4) is 0 Å². The summed E-state index contributed by atoms with van der Waals surface area (Å²) in [6.07, 6.45) is 0.0370. The summed E-state index contributed by atoms with van der Waals surface area (Å²) in [5.74, 6) is 0. The van der Waals surface area contributed by atoms with Gasteiger partial charge in [0.05, 0.1) is 0 Å². The third-order valence-electron chi connectivity index (χ3n) is 0.256. The van der Waals surface area contributed by atoms with Gasteiger partial charge in [-0.25, -0.2) is 4.39 Å². The predicted molar refractivity (Wildman–Crippen MR) is 20.4 cm³/mol. The lowest BCUT2D eigenvalue weighted by Gasteiger charge is -1.79. The Kier molecular flexibility index (Phi) is 1.81. The lowest BCUT2D eigenvalue weighted by Crippen LogP contribution is -1.79. The van der Waals surface area contributed by atoms with E-state index in [1.54, 1.807) is 0 Å². The first-order valence-corrected chi connectivity index (χ1v) is 1.37. The van der Waals surface area contributed by atoms with Crippen LogP contribution in [0.5, 0.6) is 0 Å². The minimum absolute atomic E-state index is 1.10. The van der Waals surface area contributed by atoms with Crippen molar-refractivity contribution in [3.05, 3.63) is 19.6 Å². The Morgan fingerprint density at radius 3 is 2.00 bits per heavy atom. The minimum atomic E-state index is -1.10. The topological polar surface area (TPSA) is 0 Å². The van der Waals surface area contributed by atoms with E-state index < -0.39 is 6.17 Å². The fraction of sp³-hybridized carbons (Fsp3) is 0.250. The highest BCUT2D eigenvalue weighted by Gasteiger charge is 1.79. The van der Waals surface area contributed by atoms with Crippen LogP contribution < -0.4 is 0 Å². The van der Waals surface area contributed by atoms with Crippen LogP contribution in [-0.4, -0.2) is 6.17 Å². The molecule has 0 saturated carbocycles. The predicted octanol–water partition coefficient (Wildman–Crippen LogP) is 1.34. The SMILES string of the molecule is [CH2]C(F)C=C. The average molecular weight is 73.1 g/mol. The zero-order valence-corrected chi connectivity index (χ0v) is 2.95. The largest absolute Gasteiger partial charge is 0.243 e. The van der Waals surface area contributed by atoms with Crippen molar-refractivity contribution in [2.24, 2.45) is 0 Å². The van der Waals surface area contributed by atoms with Crippen molar-refractivity contribution < 1.29 is 4.39 Å². The van der Waals surface area contributed by atoms with Gasteiger partial charge >= 0.3 is 0 Å². The van der Waals surface area contributed by atoms with Crippen molar-refractivity contribution in [2.45, 2.75) is 6.17 Å². The smallest absolute Gasteiger partial charge is 0.118 e. The molecule has 0 fully saturated rings. The molecule has 5 heavy (non-hydrogen) atoms. The number of halogens is 1. The molecule has 0 nitrogen and oxygen atoms in total. The summed E-state index contributed by atoms with van der Waals surface area (Å²) in [4.78, 5) is 0. The van der Waals surface area contributed by atoms with Gasteiger partial charge in [-0.15, -0.1) is 6.58 Å². The Hall–Kier alpha value is -0.330. The lowest BCUT2D eigenvalue weighted by atomic mass is 10.4. The second kappa shape index (κ2) is 1.94. The van der Waals surface area contributed by atoms with Gasteiger partial charge in [0, 0.05) is 0 Å². The number of rotatable bonds is 1. The maximum absolute atomic E-state index is 11.2. The van der Waals surface area contributed by atoms with Crippen LogP contribution in [0.3, 0.4) is 0 Å². The molecule has 0 heterocycles. The molecule has 0 aromatic carbocycles. The van der Waals surface area contributed by atoms with Crippen molar-refractivity contribution in [3.63, 3.8) is 0 Å². The quantitative estimate of drug-likeness (QED) is 0.411. The molecule has 0 aliphatic heterocycles. The first-order valence-electron chi connectivity index (χ1n) is 1.37. The van der Waals surface area contributed by atoms with Gasteiger partial charge in [-0.05, 0) is 6.92 Å². The van der Waals surface area contributed by atoms with Gasteiger partial charge in [0.2, 0.25) is 0 Å². The molecule has 0 N–H and O–H groups in total. The summed E-state index contributed by atoms with van der Waals surface area (Å²) < 4.78 is 11.2. The molecule has 1 radical (unpaired) electrons. The highest BCUT2D eigenvalue weighted by molar-refractivity contribution is 4.79. The molecule has 0 bridgehead atoms. The normalized spacial score (nSPS) is 14.0. The van der Waals surface area contributed by atoms with Crippen LogP contribution in [0.25, 0.3) is 0 Å². The zero-order chi connectivity index (χ0) is 4.28. The summed E-state index contributed by atoms with van der Waals surface area (Å²) in [7, 11) is 0. The molecule has 0 aromatic rings. The van der Waals surface area contributed by atoms with E-state index in [1.807, 2.05) is 0 Å². The van der Waals surface area contributed by atoms with Crippen LogP contribution in [0.4, 0.5) is 4.39 Å². The maximum atomic E-state index is 11.2. The Balaban J connectivity index is 2.83. The second-order valence-corrected chi connectivity index (χ2v) is 0.752. The van der Waals surface area contributed by atoms with E-state index in [9.17, 15) is 4.39 Å². The molecule has 0 rings (SSSR count). The monoisotopic (exact) mass is 73.0 g/mol. The van der Waals surface area contributed by atoms with Crippen molar-refractivity contribution >= 4 is 0 Å². The van der Waals surface area contributed by atoms with Crippen LogP contribution >= 0.6 is 0 Å². The van der Waals surface area contributed by atoms with Gasteiger partial charge < -0.3 is 0 Å². The first-order chi connectivity index (χ1) is 2.27. The van der Waals surface area contributed by atoms with Crippen LogP contribution in [0, 0.1) is 6.92 Å². The first kappa shape index (κ1) is 4.67. The molecule has 1 unspecified atom stereocenters. The molecule has 29 valence electrons. The average Bonchev–Trinajstić information content (AvgIpc) is 1.38. The summed E-state index contributed by atoms with van der Waals surface area (Å²) in [6.45, 7) is 6.09. The molecule has 0 aliphatic carbocycles. The zero-order valence-electron chi connectivity index (χ0n) is 2.95. The van der Waals surface area contributed by atoms with Crippen molar-refractivity contribution in [1.82, 2.24) is 0 Å². The van der Waals surface area contributed by atoms with E-state index in [0.717, 1.165) is 6.08 Å². The number of alkyl halides is 1. The van der Waals surface area contributed by atoms with E-state index in [1.165, 1.54) is 0 Å². The molecule has 0 aliphatic rings. The van der Waals surface area contributed by atoms with Gasteiger partial charge in [-0.3, -0.25) is 0 Å². The molecule has 0 saturated heterocycles. The van der Waals surface area contributed by atoms with E-state index >= 15 is 0 Å². The highest BCUT2D eigenvalue weighted by atomic mass is 19.1. The standard InChI is InChI=1S/C4H6F/c1-3-4(2)5/h3-4H,1-2H2. The van der Waals surface area contributed by atoms with Crippen LogP contribution in [0.1, 0.15) is 0 Å². The van der Waals surface area contributed by atoms with Crippen LogP contribution in [-0.2, 0) is 0 Å². The van der Waals surface area contributed by atoms with Gasteiger partial charge in [0.15, 0.2) is 0 Å². The Labute approximate surface area is 31.3 Å². The maximum Gasteiger partial charge on any atom is 0.118 e. The molecular weight excluding hydrogens is 67.0 g/mol. The number of hydrogen-bond donors (Lipinski definition) is 0. The summed E-state index contributed by atoms with van der Waals surface area (Å²) in [5, 5.41) is 0. The highest BCUT2D eigenvalue weighted by Crippen LogP contribution is 1.82. The lowest BCUT2D eigenvalue weighted by molar-refractivity contribution is 0.467. The van der Waals surface area contributed by atoms with E-state index in [4.69, 9.17) is 0 Å². The molecular formula is C4H6F. The Morgan fingerprint density at radius 1 is 1.80 bits per heavy atom. The molecule has 1 atom stereocenters. The summed E-state index contributed by atoms with van der Waals surface area (Å²) in [5.41, 5.74) is 0. The Morgan fingerprint density at radius 2 is 2.00 bits per heavy atom. The van der Waals surface area contributed by atoms with Crippen molar-refractivity contribution in [2.75, 3.05) is 0 Å². The van der Waals surface area contributed by atoms with E-state index in [0.29, 0.717) is 0 Å². The fourth-order valence-corrected chi connectivity index (χ4v) is 0. The van der Waals surface area contributed by atoms with Gasteiger partial charge in [0.1, 0.15) is 6.17 Å². The summed E-state index contributed by atoms with van der Waals surface area (Å²) in [6, 6.07) is 0. The fourth-order valence-electron chi connectivity index (χ4n) is 0. The second-order valence-electron chi connectivity index (χ2n) is 0.752. The van der Waals surface area contributed by atoms with Crippen LogP contribution in [0.2, 0.25) is 0 Å².